The molecular formula is C21H31FIN5OS. The van der Waals surface area contributed by atoms with E-state index in [0.717, 1.165) is 22.8 Å². The molecule has 2 heterocycles. The molecule has 0 aliphatic carbocycles. The minimum Gasteiger partial charge on any atom is -0.393 e. The molecule has 0 spiro atoms. The second-order valence-corrected chi connectivity index (χ2v) is 8.59. The third kappa shape index (κ3) is 6.78. The topological polar surface area (TPSA) is 72.8 Å². The Morgan fingerprint density at radius 1 is 1.30 bits per heavy atom. The largest absolute Gasteiger partial charge is 0.393 e. The average molecular weight is 547 g/mol. The van der Waals surface area contributed by atoms with Crippen LogP contribution in [0.3, 0.4) is 0 Å². The van der Waals surface area contributed by atoms with Crippen molar-refractivity contribution < 1.29 is 9.50 Å². The van der Waals surface area contributed by atoms with Crippen molar-refractivity contribution in [2.45, 2.75) is 52.8 Å². The van der Waals surface area contributed by atoms with Gasteiger partial charge in [0.15, 0.2) is 5.96 Å². The minimum atomic E-state index is -0.267. The zero-order chi connectivity index (χ0) is 20.8. The predicted molar refractivity (Wildman–Crippen MR) is 133 cm³/mol. The molecule has 0 unspecified atom stereocenters. The highest BCUT2D eigenvalue weighted by Gasteiger charge is 2.19. The van der Waals surface area contributed by atoms with Crippen molar-refractivity contribution >= 4 is 47.0 Å². The number of anilines is 1. The molecule has 1 aliphatic heterocycles. The fraction of sp³-hybridized carbons (Fsp3) is 0.524. The minimum absolute atomic E-state index is 0. The van der Waals surface area contributed by atoms with Crippen LogP contribution in [0.2, 0.25) is 0 Å². The van der Waals surface area contributed by atoms with E-state index in [1.165, 1.54) is 4.88 Å². The number of guanidine groups is 1. The molecule has 1 aromatic carbocycles. The molecule has 3 rings (SSSR count). The summed E-state index contributed by atoms with van der Waals surface area (Å²) >= 11 is 1.68. The zero-order valence-electron chi connectivity index (χ0n) is 17.7. The number of thiazole rings is 1. The van der Waals surface area contributed by atoms with Crippen LogP contribution in [0, 0.1) is 19.7 Å². The van der Waals surface area contributed by atoms with Gasteiger partial charge < -0.3 is 20.6 Å². The van der Waals surface area contributed by atoms with E-state index in [4.69, 9.17) is 0 Å². The van der Waals surface area contributed by atoms with Gasteiger partial charge in [0.1, 0.15) is 10.8 Å². The number of rotatable bonds is 6. The van der Waals surface area contributed by atoms with Crippen LogP contribution in [-0.2, 0) is 13.1 Å². The van der Waals surface area contributed by atoms with Gasteiger partial charge >= 0.3 is 0 Å². The molecule has 0 atom stereocenters. The molecule has 1 fully saturated rings. The molecular weight excluding hydrogens is 516 g/mol. The Hall–Kier alpha value is -1.46. The second-order valence-electron chi connectivity index (χ2n) is 7.30. The Morgan fingerprint density at radius 3 is 2.63 bits per heavy atom. The van der Waals surface area contributed by atoms with Crippen molar-refractivity contribution in [2.24, 2.45) is 4.99 Å². The summed E-state index contributed by atoms with van der Waals surface area (Å²) in [5, 5.41) is 17.2. The van der Waals surface area contributed by atoms with Crippen LogP contribution in [-0.4, -0.2) is 41.8 Å². The van der Waals surface area contributed by atoms with Gasteiger partial charge in [0, 0.05) is 24.5 Å². The SMILES string of the molecule is CCNC(=NCc1ccc(N2CCC(O)CC2)c(F)c1)NCc1nc(C)c(C)s1.I. The first kappa shape index (κ1) is 24.8. The van der Waals surface area contributed by atoms with Crippen LogP contribution in [0.4, 0.5) is 10.1 Å². The van der Waals surface area contributed by atoms with Gasteiger partial charge in [-0.1, -0.05) is 6.07 Å². The molecule has 0 radical (unpaired) electrons. The maximum Gasteiger partial charge on any atom is 0.191 e. The third-order valence-corrected chi connectivity index (χ3v) is 6.13. The maximum absolute atomic E-state index is 14.6. The van der Waals surface area contributed by atoms with Crippen LogP contribution in [0.15, 0.2) is 23.2 Å². The molecule has 1 saturated heterocycles. The molecule has 3 N–H and O–H groups in total. The Balaban J connectivity index is 0.00000320. The predicted octanol–water partition coefficient (Wildman–Crippen LogP) is 3.73. The molecule has 0 bridgehead atoms. The van der Waals surface area contributed by atoms with E-state index in [1.54, 1.807) is 17.4 Å². The maximum atomic E-state index is 14.6. The smallest absolute Gasteiger partial charge is 0.191 e. The number of benzene rings is 1. The monoisotopic (exact) mass is 547 g/mol. The lowest BCUT2D eigenvalue weighted by molar-refractivity contribution is 0.145. The van der Waals surface area contributed by atoms with Gasteiger partial charge in [0.25, 0.3) is 0 Å². The van der Waals surface area contributed by atoms with Crippen LogP contribution in [0.25, 0.3) is 0 Å². The summed E-state index contributed by atoms with van der Waals surface area (Å²) < 4.78 is 14.6. The molecule has 6 nitrogen and oxygen atoms in total. The number of aliphatic hydroxyl groups is 1. The van der Waals surface area contributed by atoms with E-state index in [1.807, 2.05) is 30.9 Å². The number of hydrogen-bond donors (Lipinski definition) is 3. The molecule has 0 amide bonds. The van der Waals surface area contributed by atoms with E-state index >= 15 is 0 Å². The zero-order valence-corrected chi connectivity index (χ0v) is 20.9. The van der Waals surface area contributed by atoms with Gasteiger partial charge in [-0.2, -0.15) is 0 Å². The number of hydrogen-bond acceptors (Lipinski definition) is 5. The highest BCUT2D eigenvalue weighted by atomic mass is 127. The van der Waals surface area contributed by atoms with Crippen molar-refractivity contribution in [2.75, 3.05) is 24.5 Å². The number of aryl methyl sites for hydroxylation is 2. The highest BCUT2D eigenvalue weighted by Crippen LogP contribution is 2.24. The average Bonchev–Trinajstić information content (AvgIpc) is 3.02. The van der Waals surface area contributed by atoms with Gasteiger partial charge in [0.2, 0.25) is 0 Å². The van der Waals surface area contributed by atoms with E-state index in [-0.39, 0.29) is 35.9 Å². The lowest BCUT2D eigenvalue weighted by atomic mass is 10.1. The lowest BCUT2D eigenvalue weighted by Crippen LogP contribution is -2.36. The number of aliphatic imine (C=N–C) groups is 1. The van der Waals surface area contributed by atoms with Gasteiger partial charge in [0.05, 0.1) is 30.6 Å². The number of aromatic nitrogens is 1. The summed E-state index contributed by atoms with van der Waals surface area (Å²) in [5.41, 5.74) is 2.48. The first-order valence-corrected chi connectivity index (χ1v) is 10.9. The Morgan fingerprint density at radius 2 is 2.03 bits per heavy atom. The van der Waals surface area contributed by atoms with Crippen molar-refractivity contribution in [1.29, 1.82) is 0 Å². The third-order valence-electron chi connectivity index (χ3n) is 5.06. The summed E-state index contributed by atoms with van der Waals surface area (Å²) in [6, 6.07) is 5.30. The number of aliphatic hydroxyl groups excluding tert-OH is 1. The van der Waals surface area contributed by atoms with Gasteiger partial charge in [-0.3, -0.25) is 0 Å². The van der Waals surface area contributed by atoms with E-state index < -0.39 is 0 Å². The van der Waals surface area contributed by atoms with Crippen molar-refractivity contribution in [3.8, 4) is 0 Å². The summed E-state index contributed by atoms with van der Waals surface area (Å²) in [7, 11) is 0. The van der Waals surface area contributed by atoms with Crippen molar-refractivity contribution in [3.63, 3.8) is 0 Å². The molecule has 9 heteroatoms. The summed E-state index contributed by atoms with van der Waals surface area (Å²) in [4.78, 5) is 12.3. The van der Waals surface area contributed by atoms with Crippen LogP contribution >= 0.6 is 35.3 Å². The molecule has 30 heavy (non-hydrogen) atoms. The number of nitrogens with one attached hydrogen (secondary N) is 2. The number of halogens is 2. The van der Waals surface area contributed by atoms with Gasteiger partial charge in [-0.15, -0.1) is 35.3 Å². The van der Waals surface area contributed by atoms with Crippen LogP contribution < -0.4 is 15.5 Å². The molecule has 0 saturated carbocycles. The summed E-state index contributed by atoms with van der Waals surface area (Å²) in [6.07, 6.45) is 1.10. The number of piperidine rings is 1. The first-order valence-electron chi connectivity index (χ1n) is 10.1. The van der Waals surface area contributed by atoms with Crippen molar-refractivity contribution in [3.05, 3.63) is 45.2 Å². The van der Waals surface area contributed by atoms with E-state index in [2.05, 4.69) is 27.5 Å². The summed E-state index contributed by atoms with van der Waals surface area (Å²) in [6.45, 7) is 9.20. The molecule has 2 aromatic rings. The van der Waals surface area contributed by atoms with E-state index in [9.17, 15) is 9.50 Å². The quantitative estimate of drug-likeness (QED) is 0.292. The lowest BCUT2D eigenvalue weighted by Gasteiger charge is -2.31. The first-order chi connectivity index (χ1) is 14.0. The van der Waals surface area contributed by atoms with Crippen LogP contribution in [0.5, 0.6) is 0 Å². The fourth-order valence-electron chi connectivity index (χ4n) is 3.30. The second kappa shape index (κ2) is 11.8. The van der Waals surface area contributed by atoms with E-state index in [0.29, 0.717) is 50.7 Å². The van der Waals surface area contributed by atoms with Gasteiger partial charge in [-0.05, 0) is 51.3 Å². The van der Waals surface area contributed by atoms with Crippen LogP contribution in [0.1, 0.15) is 40.9 Å². The standard InChI is InChI=1S/C21H30FN5OS.HI/c1-4-23-21(25-13-20-26-14(2)15(3)29-20)24-12-16-5-6-19(18(22)11-16)27-9-7-17(28)8-10-27;/h5-6,11,17,28H,4,7-10,12-13H2,1-3H3,(H2,23,24,25);1H. The summed E-state index contributed by atoms with van der Waals surface area (Å²) in [5.74, 6) is 0.452. The number of nitrogens with zero attached hydrogens (tertiary/aromatic N) is 3. The fourth-order valence-corrected chi connectivity index (χ4v) is 4.17. The Labute approximate surface area is 199 Å². The normalized spacial score (nSPS) is 15.1. The van der Waals surface area contributed by atoms with Gasteiger partial charge in [-0.25, -0.2) is 14.4 Å². The molecule has 166 valence electrons. The highest BCUT2D eigenvalue weighted by molar-refractivity contribution is 14.0. The molecule has 1 aromatic heterocycles. The Bertz CT molecular complexity index is 832. The molecule has 1 aliphatic rings. The Kier molecular flexibility index (Phi) is 9.76. The van der Waals surface area contributed by atoms with Crippen molar-refractivity contribution in [1.82, 2.24) is 15.6 Å².